The number of halogens is 2. The average molecular weight is 472 g/mol. The minimum Gasteiger partial charge on any atom is -0.491 e. The molecule has 0 spiro atoms. The van der Waals surface area contributed by atoms with E-state index >= 15 is 0 Å². The Bertz CT molecular complexity index is 1150. The Balaban J connectivity index is 1.31. The topological polar surface area (TPSA) is 71.5 Å². The van der Waals surface area contributed by atoms with Gasteiger partial charge in [-0.25, -0.2) is 14.4 Å². The zero-order chi connectivity index (χ0) is 22.8. The summed E-state index contributed by atoms with van der Waals surface area (Å²) >= 11 is 6.04. The van der Waals surface area contributed by atoms with Gasteiger partial charge in [-0.1, -0.05) is 11.6 Å². The van der Waals surface area contributed by atoms with E-state index in [-0.39, 0.29) is 5.69 Å². The van der Waals surface area contributed by atoms with Crippen molar-refractivity contribution >= 4 is 39.7 Å². The highest BCUT2D eigenvalue weighted by atomic mass is 35.5. The molecule has 2 aliphatic heterocycles. The van der Waals surface area contributed by atoms with Crippen molar-refractivity contribution in [3.63, 3.8) is 0 Å². The summed E-state index contributed by atoms with van der Waals surface area (Å²) < 4.78 is 26.2. The molecule has 2 aromatic carbocycles. The Morgan fingerprint density at radius 3 is 3.00 bits per heavy atom. The van der Waals surface area contributed by atoms with Crippen molar-refractivity contribution in [3.05, 3.63) is 47.5 Å². The fourth-order valence-electron chi connectivity index (χ4n) is 4.74. The van der Waals surface area contributed by atoms with Crippen LogP contribution in [0.25, 0.3) is 10.9 Å². The number of aromatic nitrogens is 2. The summed E-state index contributed by atoms with van der Waals surface area (Å²) in [5.74, 6) is 0.780. The average Bonchev–Trinajstić information content (AvgIpc) is 3.43. The third-order valence-corrected chi connectivity index (χ3v) is 6.61. The lowest BCUT2D eigenvalue weighted by Crippen LogP contribution is -2.33. The number of nitrogens with one attached hydrogen (secondary N) is 2. The summed E-state index contributed by atoms with van der Waals surface area (Å²) in [6.07, 6.45) is 5.04. The predicted octanol–water partition coefficient (Wildman–Crippen LogP) is 4.84. The number of hydrogen-bond donors (Lipinski definition) is 2. The van der Waals surface area contributed by atoms with E-state index in [4.69, 9.17) is 21.1 Å². The van der Waals surface area contributed by atoms with E-state index in [1.54, 1.807) is 0 Å². The first-order valence-electron chi connectivity index (χ1n) is 11.3. The molecule has 2 saturated heterocycles. The number of nitrogens with zero attached hydrogens (tertiary/aromatic N) is 3. The first-order chi connectivity index (χ1) is 16.1. The molecule has 0 radical (unpaired) electrons. The standard InChI is InChI=1S/C24H27ClFN5O2/c1-27-20-13-18-16(24(29-14-28-18)30-19-11-15(25)3-4-17(19)26)12-23(20)32-9-2-7-31-8-5-22-21(31)6-10-33-22/h3-4,11-14,21-22,27H,2,5-10H2,1H3,(H,28,29,30)/t21-,22-/m1/s1. The maximum atomic E-state index is 14.3. The van der Waals surface area contributed by atoms with Crippen LogP contribution in [0.15, 0.2) is 36.7 Å². The maximum Gasteiger partial charge on any atom is 0.146 e. The Labute approximate surface area is 197 Å². The zero-order valence-corrected chi connectivity index (χ0v) is 19.2. The molecule has 1 aromatic heterocycles. The lowest BCUT2D eigenvalue weighted by atomic mass is 10.1. The molecule has 9 heteroatoms. The lowest BCUT2D eigenvalue weighted by Gasteiger charge is -2.22. The van der Waals surface area contributed by atoms with Crippen LogP contribution < -0.4 is 15.4 Å². The van der Waals surface area contributed by atoms with E-state index in [1.165, 1.54) is 24.5 Å². The van der Waals surface area contributed by atoms with Crippen LogP contribution in [0.4, 0.5) is 21.6 Å². The van der Waals surface area contributed by atoms with Gasteiger partial charge in [0.25, 0.3) is 0 Å². The number of ether oxygens (including phenoxy) is 2. The molecule has 2 fully saturated rings. The minimum absolute atomic E-state index is 0.252. The fourth-order valence-corrected chi connectivity index (χ4v) is 4.91. The Kier molecular flexibility index (Phi) is 6.48. The summed E-state index contributed by atoms with van der Waals surface area (Å²) in [5.41, 5.74) is 1.81. The molecule has 7 nitrogen and oxygen atoms in total. The second kappa shape index (κ2) is 9.67. The van der Waals surface area contributed by atoms with Crippen LogP contribution in [0, 0.1) is 5.82 Å². The van der Waals surface area contributed by atoms with Crippen LogP contribution in [-0.2, 0) is 4.74 Å². The first kappa shape index (κ1) is 22.1. The number of fused-ring (bicyclic) bond motifs is 2. The smallest absolute Gasteiger partial charge is 0.146 e. The van der Waals surface area contributed by atoms with Gasteiger partial charge in [-0.05, 0) is 49.6 Å². The minimum atomic E-state index is -0.411. The molecule has 0 aliphatic carbocycles. The van der Waals surface area contributed by atoms with Gasteiger partial charge in [-0.15, -0.1) is 0 Å². The molecule has 0 saturated carbocycles. The molecular formula is C24H27ClFN5O2. The number of likely N-dealkylation sites (tertiary alicyclic amines) is 1. The van der Waals surface area contributed by atoms with Crippen molar-refractivity contribution in [2.75, 3.05) is 44.0 Å². The largest absolute Gasteiger partial charge is 0.491 e. The molecular weight excluding hydrogens is 445 g/mol. The van der Waals surface area contributed by atoms with Gasteiger partial charge in [0, 0.05) is 43.2 Å². The predicted molar refractivity (Wildman–Crippen MR) is 128 cm³/mol. The van der Waals surface area contributed by atoms with Gasteiger partial charge in [0.15, 0.2) is 0 Å². The van der Waals surface area contributed by atoms with E-state index in [0.717, 1.165) is 55.5 Å². The molecule has 0 bridgehead atoms. The highest BCUT2D eigenvalue weighted by Gasteiger charge is 2.38. The molecule has 3 heterocycles. The maximum absolute atomic E-state index is 14.3. The quantitative estimate of drug-likeness (QED) is 0.455. The van der Waals surface area contributed by atoms with Crippen LogP contribution in [-0.4, -0.2) is 60.4 Å². The van der Waals surface area contributed by atoms with Crippen LogP contribution in [0.2, 0.25) is 5.02 Å². The molecule has 3 aromatic rings. The van der Waals surface area contributed by atoms with Gasteiger partial charge in [0.2, 0.25) is 0 Å². The zero-order valence-electron chi connectivity index (χ0n) is 18.5. The van der Waals surface area contributed by atoms with E-state index in [2.05, 4.69) is 25.5 Å². The lowest BCUT2D eigenvalue weighted by molar-refractivity contribution is 0.105. The normalized spacial score (nSPS) is 20.2. The van der Waals surface area contributed by atoms with E-state index in [1.807, 2.05) is 19.2 Å². The van der Waals surface area contributed by atoms with Gasteiger partial charge in [0.1, 0.15) is 23.7 Å². The SMILES string of the molecule is CNc1cc2ncnc(Nc3cc(Cl)ccc3F)c2cc1OCCCN1CC[C@H]2OCC[C@H]21. The monoisotopic (exact) mass is 471 g/mol. The molecule has 33 heavy (non-hydrogen) atoms. The second-order valence-corrected chi connectivity index (χ2v) is 8.82. The third-order valence-electron chi connectivity index (χ3n) is 6.38. The second-order valence-electron chi connectivity index (χ2n) is 8.38. The molecule has 2 N–H and O–H groups in total. The highest BCUT2D eigenvalue weighted by molar-refractivity contribution is 6.30. The Hall–Kier alpha value is -2.68. The van der Waals surface area contributed by atoms with Crippen molar-refractivity contribution in [1.82, 2.24) is 14.9 Å². The van der Waals surface area contributed by atoms with Crippen LogP contribution in [0.1, 0.15) is 19.3 Å². The van der Waals surface area contributed by atoms with Gasteiger partial charge < -0.3 is 20.1 Å². The molecule has 0 unspecified atom stereocenters. The van der Waals surface area contributed by atoms with Crippen LogP contribution in [0.3, 0.4) is 0 Å². The molecule has 2 aliphatic rings. The van der Waals surface area contributed by atoms with Gasteiger partial charge in [-0.3, -0.25) is 4.90 Å². The van der Waals surface area contributed by atoms with E-state index in [9.17, 15) is 4.39 Å². The number of hydrogen-bond acceptors (Lipinski definition) is 7. The van der Waals surface area contributed by atoms with E-state index in [0.29, 0.717) is 35.3 Å². The summed E-state index contributed by atoms with van der Waals surface area (Å²) in [7, 11) is 1.85. The van der Waals surface area contributed by atoms with Gasteiger partial charge in [-0.2, -0.15) is 0 Å². The summed E-state index contributed by atoms with van der Waals surface area (Å²) in [6.45, 7) is 3.56. The van der Waals surface area contributed by atoms with Crippen LogP contribution in [0.5, 0.6) is 5.75 Å². The third kappa shape index (κ3) is 4.69. The Morgan fingerprint density at radius 2 is 2.12 bits per heavy atom. The summed E-state index contributed by atoms with van der Waals surface area (Å²) in [4.78, 5) is 11.2. The van der Waals surface area contributed by atoms with Crippen molar-refractivity contribution in [2.45, 2.75) is 31.4 Å². The first-order valence-corrected chi connectivity index (χ1v) is 11.7. The molecule has 5 rings (SSSR count). The van der Waals surface area contributed by atoms with Gasteiger partial charge >= 0.3 is 0 Å². The molecule has 174 valence electrons. The Morgan fingerprint density at radius 1 is 1.21 bits per heavy atom. The number of anilines is 3. The number of rotatable bonds is 8. The molecule has 0 amide bonds. The van der Waals surface area contributed by atoms with Crippen molar-refractivity contribution in [1.29, 1.82) is 0 Å². The number of benzene rings is 2. The van der Waals surface area contributed by atoms with Crippen molar-refractivity contribution < 1.29 is 13.9 Å². The summed E-state index contributed by atoms with van der Waals surface area (Å²) in [6, 6.07) is 8.73. The van der Waals surface area contributed by atoms with E-state index < -0.39 is 5.82 Å². The highest BCUT2D eigenvalue weighted by Crippen LogP contribution is 2.34. The van der Waals surface area contributed by atoms with Gasteiger partial charge in [0.05, 0.1) is 29.6 Å². The fraction of sp³-hybridized carbons (Fsp3) is 0.417. The summed E-state index contributed by atoms with van der Waals surface area (Å²) in [5, 5.41) is 7.39. The van der Waals surface area contributed by atoms with Crippen LogP contribution >= 0.6 is 11.6 Å². The van der Waals surface area contributed by atoms with Crippen molar-refractivity contribution in [2.24, 2.45) is 0 Å². The molecule has 2 atom stereocenters. The van der Waals surface area contributed by atoms with Crippen molar-refractivity contribution in [3.8, 4) is 5.75 Å².